The molecule has 0 bridgehead atoms. The lowest BCUT2D eigenvalue weighted by Crippen LogP contribution is -2.53. The van der Waals surface area contributed by atoms with Gasteiger partial charge >= 0.3 is 0 Å². The van der Waals surface area contributed by atoms with Crippen LogP contribution in [0.3, 0.4) is 0 Å². The summed E-state index contributed by atoms with van der Waals surface area (Å²) in [5.74, 6) is 0.901. The highest BCUT2D eigenvalue weighted by Gasteiger charge is 2.44. The van der Waals surface area contributed by atoms with E-state index in [1.807, 2.05) is 26.0 Å². The maximum absolute atomic E-state index is 11.0. The molecule has 2 rings (SSSR count). The number of hydrogen-bond donors (Lipinski definition) is 2. The molecule has 136 valence electrons. The van der Waals surface area contributed by atoms with E-state index < -0.39 is 5.60 Å². The Morgan fingerprint density at radius 3 is 2.29 bits per heavy atom. The molecule has 1 fully saturated rings. The van der Waals surface area contributed by atoms with Crippen LogP contribution >= 0.6 is 0 Å². The molecule has 4 heteroatoms. The summed E-state index contributed by atoms with van der Waals surface area (Å²) in [5, 5.41) is 14.5. The molecule has 2 N–H and O–H groups in total. The van der Waals surface area contributed by atoms with Gasteiger partial charge < -0.3 is 19.9 Å². The minimum atomic E-state index is -0.660. The Bertz CT molecular complexity index is 504. The van der Waals surface area contributed by atoms with Gasteiger partial charge in [-0.2, -0.15) is 0 Å². The highest BCUT2D eigenvalue weighted by molar-refractivity contribution is 5.29. The Hall–Kier alpha value is -1.10. The molecular formula is C20H33NO3. The van der Waals surface area contributed by atoms with E-state index in [2.05, 4.69) is 38.2 Å². The number of rotatable bonds is 7. The van der Waals surface area contributed by atoms with Crippen LogP contribution in [0.15, 0.2) is 24.3 Å². The monoisotopic (exact) mass is 335 g/mol. The van der Waals surface area contributed by atoms with Gasteiger partial charge in [-0.1, -0.05) is 26.0 Å². The van der Waals surface area contributed by atoms with Gasteiger partial charge in [-0.25, -0.2) is 0 Å². The molecule has 0 aliphatic carbocycles. The second-order valence-electron chi connectivity index (χ2n) is 7.87. The molecule has 1 heterocycles. The Labute approximate surface area is 146 Å². The number of benzene rings is 1. The summed E-state index contributed by atoms with van der Waals surface area (Å²) >= 11 is 0. The molecule has 24 heavy (non-hydrogen) atoms. The van der Waals surface area contributed by atoms with Crippen LogP contribution in [0.5, 0.6) is 5.75 Å². The largest absolute Gasteiger partial charge is 0.491 e. The Morgan fingerprint density at radius 2 is 1.75 bits per heavy atom. The first-order valence-corrected chi connectivity index (χ1v) is 9.04. The van der Waals surface area contributed by atoms with Crippen LogP contribution in [-0.4, -0.2) is 36.6 Å². The fraction of sp³-hybridized carbons (Fsp3) is 0.700. The van der Waals surface area contributed by atoms with Crippen LogP contribution < -0.4 is 10.1 Å². The molecule has 0 amide bonds. The van der Waals surface area contributed by atoms with E-state index in [0.29, 0.717) is 26.1 Å². The zero-order valence-electron chi connectivity index (χ0n) is 15.8. The standard InChI is InChI=1S/C20H33NO3/c1-15(2)24-18-8-6-17(7-9-18)16(3)21-14-19(4,5)20(22)10-12-23-13-11-20/h6-9,15-16,21-22H,10-14H2,1-5H3. The van der Waals surface area contributed by atoms with Gasteiger partial charge in [0, 0.05) is 44.1 Å². The van der Waals surface area contributed by atoms with E-state index in [1.165, 1.54) is 5.56 Å². The summed E-state index contributed by atoms with van der Waals surface area (Å²) < 4.78 is 11.1. The third kappa shape index (κ3) is 4.71. The molecule has 1 atom stereocenters. The highest BCUT2D eigenvalue weighted by atomic mass is 16.5. The zero-order chi connectivity index (χ0) is 17.8. The van der Waals surface area contributed by atoms with E-state index in [0.717, 1.165) is 12.3 Å². The van der Waals surface area contributed by atoms with Crippen molar-refractivity contribution in [1.29, 1.82) is 0 Å². The van der Waals surface area contributed by atoms with Crippen molar-refractivity contribution < 1.29 is 14.6 Å². The van der Waals surface area contributed by atoms with Crippen molar-refractivity contribution >= 4 is 0 Å². The van der Waals surface area contributed by atoms with Crippen molar-refractivity contribution in [3.63, 3.8) is 0 Å². The summed E-state index contributed by atoms with van der Waals surface area (Å²) in [6.45, 7) is 12.5. The van der Waals surface area contributed by atoms with Crippen LogP contribution in [0.4, 0.5) is 0 Å². The number of hydrogen-bond acceptors (Lipinski definition) is 4. The van der Waals surface area contributed by atoms with Gasteiger partial charge in [-0.15, -0.1) is 0 Å². The van der Waals surface area contributed by atoms with Crippen LogP contribution in [0.1, 0.15) is 59.1 Å². The summed E-state index contributed by atoms with van der Waals surface area (Å²) in [7, 11) is 0. The topological polar surface area (TPSA) is 50.7 Å². The average Bonchev–Trinajstić information content (AvgIpc) is 2.53. The van der Waals surface area contributed by atoms with E-state index >= 15 is 0 Å². The van der Waals surface area contributed by atoms with Gasteiger partial charge in [0.05, 0.1) is 11.7 Å². The maximum Gasteiger partial charge on any atom is 0.119 e. The van der Waals surface area contributed by atoms with Gasteiger partial charge in [0.15, 0.2) is 0 Å². The van der Waals surface area contributed by atoms with E-state index in [1.54, 1.807) is 0 Å². The van der Waals surface area contributed by atoms with E-state index in [4.69, 9.17) is 9.47 Å². The predicted molar refractivity (Wildman–Crippen MR) is 97.4 cm³/mol. The SMILES string of the molecule is CC(C)Oc1ccc(C(C)NCC(C)(C)C2(O)CCOCC2)cc1. The van der Waals surface area contributed by atoms with E-state index in [9.17, 15) is 5.11 Å². The molecule has 1 unspecified atom stereocenters. The van der Waals surface area contributed by atoms with Gasteiger partial charge in [-0.05, 0) is 38.5 Å². The molecule has 0 spiro atoms. The third-order valence-electron chi connectivity index (χ3n) is 5.18. The normalized spacial score (nSPS) is 19.3. The average molecular weight is 335 g/mol. The van der Waals surface area contributed by atoms with Crippen LogP contribution in [-0.2, 0) is 4.74 Å². The minimum absolute atomic E-state index is 0.187. The number of nitrogens with one attached hydrogen (secondary N) is 1. The summed E-state index contributed by atoms with van der Waals surface area (Å²) in [5.41, 5.74) is 0.361. The molecule has 1 aliphatic heterocycles. The first kappa shape index (κ1) is 19.2. The van der Waals surface area contributed by atoms with Crippen molar-refractivity contribution in [1.82, 2.24) is 5.32 Å². The molecule has 0 saturated carbocycles. The smallest absolute Gasteiger partial charge is 0.119 e. The lowest BCUT2D eigenvalue weighted by Gasteiger charge is -2.45. The lowest BCUT2D eigenvalue weighted by atomic mass is 9.70. The molecule has 1 aliphatic rings. The summed E-state index contributed by atoms with van der Waals surface area (Å²) in [6.07, 6.45) is 1.60. The van der Waals surface area contributed by atoms with Crippen molar-refractivity contribution in [2.75, 3.05) is 19.8 Å². The number of aliphatic hydroxyl groups is 1. The first-order chi connectivity index (χ1) is 11.2. The highest BCUT2D eigenvalue weighted by Crippen LogP contribution is 2.38. The zero-order valence-corrected chi connectivity index (χ0v) is 15.8. The molecule has 1 saturated heterocycles. The molecule has 1 aromatic rings. The Morgan fingerprint density at radius 1 is 1.17 bits per heavy atom. The second-order valence-corrected chi connectivity index (χ2v) is 7.87. The fourth-order valence-electron chi connectivity index (χ4n) is 3.18. The third-order valence-corrected chi connectivity index (χ3v) is 5.18. The van der Waals surface area contributed by atoms with Crippen LogP contribution in [0.25, 0.3) is 0 Å². The van der Waals surface area contributed by atoms with Crippen LogP contribution in [0, 0.1) is 5.41 Å². The fourth-order valence-corrected chi connectivity index (χ4v) is 3.18. The molecule has 4 nitrogen and oxygen atoms in total. The lowest BCUT2D eigenvalue weighted by molar-refractivity contribution is -0.131. The number of ether oxygens (including phenoxy) is 2. The van der Waals surface area contributed by atoms with Crippen molar-refractivity contribution in [2.24, 2.45) is 5.41 Å². The second kappa shape index (κ2) is 7.85. The minimum Gasteiger partial charge on any atom is -0.491 e. The molecule has 0 radical (unpaired) electrons. The summed E-state index contributed by atoms with van der Waals surface area (Å²) in [6, 6.07) is 8.47. The summed E-state index contributed by atoms with van der Waals surface area (Å²) in [4.78, 5) is 0. The first-order valence-electron chi connectivity index (χ1n) is 9.04. The molecular weight excluding hydrogens is 302 g/mol. The van der Waals surface area contributed by atoms with Gasteiger partial charge in [-0.3, -0.25) is 0 Å². The van der Waals surface area contributed by atoms with Crippen molar-refractivity contribution in [3.8, 4) is 5.75 Å². The molecule has 1 aromatic carbocycles. The van der Waals surface area contributed by atoms with Crippen molar-refractivity contribution in [2.45, 2.75) is 65.2 Å². The van der Waals surface area contributed by atoms with E-state index in [-0.39, 0.29) is 17.6 Å². The quantitative estimate of drug-likeness (QED) is 0.798. The van der Waals surface area contributed by atoms with Crippen LogP contribution in [0.2, 0.25) is 0 Å². The Balaban J connectivity index is 1.93. The predicted octanol–water partition coefficient (Wildman–Crippen LogP) is 3.69. The van der Waals surface area contributed by atoms with Gasteiger partial charge in [0.1, 0.15) is 5.75 Å². The molecule has 0 aromatic heterocycles. The van der Waals surface area contributed by atoms with Gasteiger partial charge in [0.2, 0.25) is 0 Å². The maximum atomic E-state index is 11.0. The Kier molecular flexibility index (Phi) is 6.29. The van der Waals surface area contributed by atoms with Crippen molar-refractivity contribution in [3.05, 3.63) is 29.8 Å². The van der Waals surface area contributed by atoms with Gasteiger partial charge in [0.25, 0.3) is 0 Å².